The van der Waals surface area contributed by atoms with E-state index in [1.54, 1.807) is 7.11 Å². The summed E-state index contributed by atoms with van der Waals surface area (Å²) in [6, 6.07) is 11.4. The lowest BCUT2D eigenvalue weighted by molar-refractivity contribution is 0.0644. The van der Waals surface area contributed by atoms with Gasteiger partial charge in [-0.15, -0.1) is 0 Å². The van der Waals surface area contributed by atoms with Gasteiger partial charge in [0.25, 0.3) is 5.91 Å². The fourth-order valence-corrected chi connectivity index (χ4v) is 4.93. The first-order valence-electron chi connectivity index (χ1n) is 10.8. The number of pyridine rings is 1. The monoisotopic (exact) mass is 550 g/mol. The maximum Gasteiger partial charge on any atom is 0.259 e. The number of halogens is 3. The highest BCUT2D eigenvalue weighted by Gasteiger charge is 2.27. The first-order chi connectivity index (χ1) is 15.9. The molecular weight excluding hydrogens is 527 g/mol. The zero-order valence-electron chi connectivity index (χ0n) is 18.5. The van der Waals surface area contributed by atoms with Crippen molar-refractivity contribution in [3.63, 3.8) is 0 Å². The van der Waals surface area contributed by atoms with Gasteiger partial charge < -0.3 is 19.9 Å². The van der Waals surface area contributed by atoms with Crippen LogP contribution < -0.4 is 10.1 Å². The minimum atomic E-state index is -0.111. The Morgan fingerprint density at radius 2 is 1.91 bits per heavy atom. The molecule has 33 heavy (non-hydrogen) atoms. The number of benzene rings is 2. The molecule has 0 atom stereocenters. The van der Waals surface area contributed by atoms with E-state index < -0.39 is 0 Å². The van der Waals surface area contributed by atoms with Gasteiger partial charge in [0.1, 0.15) is 16.5 Å². The number of piperazine rings is 1. The molecule has 1 aliphatic heterocycles. The second-order valence-electron chi connectivity index (χ2n) is 7.86. The molecule has 9 heteroatoms. The van der Waals surface area contributed by atoms with Crippen LogP contribution in [0.25, 0.3) is 10.9 Å². The summed E-state index contributed by atoms with van der Waals surface area (Å²) in [7, 11) is 1.58. The molecule has 0 spiro atoms. The third-order valence-corrected chi connectivity index (χ3v) is 6.97. The summed E-state index contributed by atoms with van der Waals surface area (Å²) in [4.78, 5) is 22.3. The molecule has 1 N–H and O–H groups in total. The van der Waals surface area contributed by atoms with Crippen LogP contribution in [0.15, 0.2) is 40.9 Å². The Morgan fingerprint density at radius 3 is 2.58 bits per heavy atom. The fourth-order valence-electron chi connectivity index (χ4n) is 4.02. The van der Waals surface area contributed by atoms with Gasteiger partial charge in [0.2, 0.25) is 0 Å². The molecular formula is C24H25BrCl2N4O2. The molecule has 2 aromatic carbocycles. The highest BCUT2D eigenvalue weighted by molar-refractivity contribution is 9.10. The van der Waals surface area contributed by atoms with Crippen LogP contribution in [0.1, 0.15) is 22.8 Å². The van der Waals surface area contributed by atoms with E-state index in [2.05, 4.69) is 38.1 Å². The van der Waals surface area contributed by atoms with E-state index in [1.807, 2.05) is 41.3 Å². The summed E-state index contributed by atoms with van der Waals surface area (Å²) in [5.74, 6) is 0.504. The van der Waals surface area contributed by atoms with Gasteiger partial charge in [-0.05, 0) is 42.4 Å². The number of fused-ring (bicyclic) bond motifs is 1. The predicted octanol–water partition coefficient (Wildman–Crippen LogP) is 5.70. The van der Waals surface area contributed by atoms with Crippen molar-refractivity contribution in [2.45, 2.75) is 13.5 Å². The molecule has 3 aromatic rings. The summed E-state index contributed by atoms with van der Waals surface area (Å²) in [6.07, 6.45) is 0. The first-order valence-corrected chi connectivity index (χ1v) is 12.3. The van der Waals surface area contributed by atoms with Crippen molar-refractivity contribution in [3.05, 3.63) is 62.2 Å². The van der Waals surface area contributed by atoms with Crippen molar-refractivity contribution in [1.82, 2.24) is 14.8 Å². The van der Waals surface area contributed by atoms with Gasteiger partial charge in [0.15, 0.2) is 0 Å². The van der Waals surface area contributed by atoms with E-state index >= 15 is 0 Å². The SMILES string of the molecule is CCN1CCN(C(=O)c2c(Cl)nc3ccc(Br)cc3c2NCc2ccc(OC)c(Cl)c2)CC1. The summed E-state index contributed by atoms with van der Waals surface area (Å²) >= 11 is 16.4. The number of rotatable bonds is 6. The van der Waals surface area contributed by atoms with Crippen molar-refractivity contribution >= 4 is 61.6 Å². The first kappa shape index (κ1) is 24.1. The van der Waals surface area contributed by atoms with Crippen LogP contribution in [-0.4, -0.2) is 60.5 Å². The van der Waals surface area contributed by atoms with E-state index in [4.69, 9.17) is 27.9 Å². The average Bonchev–Trinajstić information content (AvgIpc) is 2.82. The standard InChI is InChI=1S/C24H25BrCl2N4O2/c1-3-30-8-10-31(11-9-30)24(32)21-22(17-13-16(25)5-6-19(17)29-23(21)27)28-14-15-4-7-20(33-2)18(26)12-15/h4-7,12-13H,3,8-11,14H2,1-2H3,(H,28,29). The molecule has 174 valence electrons. The second kappa shape index (κ2) is 10.5. The molecule has 1 aromatic heterocycles. The Balaban J connectivity index is 1.71. The molecule has 1 aliphatic rings. The maximum atomic E-state index is 13.6. The van der Waals surface area contributed by atoms with Crippen molar-refractivity contribution < 1.29 is 9.53 Å². The number of carbonyl (C=O) groups excluding carboxylic acids is 1. The Bertz CT molecular complexity index is 1180. The number of hydrogen-bond acceptors (Lipinski definition) is 5. The molecule has 0 saturated carbocycles. The van der Waals surface area contributed by atoms with Crippen molar-refractivity contribution in [2.75, 3.05) is 45.2 Å². The van der Waals surface area contributed by atoms with Crippen LogP contribution in [0.3, 0.4) is 0 Å². The molecule has 4 rings (SSSR count). The Labute approximate surface area is 211 Å². The highest BCUT2D eigenvalue weighted by atomic mass is 79.9. The lowest BCUT2D eigenvalue weighted by atomic mass is 10.1. The van der Waals surface area contributed by atoms with Gasteiger partial charge in [-0.1, -0.05) is 52.1 Å². The fraction of sp³-hybridized carbons (Fsp3) is 0.333. The van der Waals surface area contributed by atoms with E-state index in [0.717, 1.165) is 35.1 Å². The summed E-state index contributed by atoms with van der Waals surface area (Å²) in [5.41, 5.74) is 2.73. The smallest absolute Gasteiger partial charge is 0.259 e. The quantitative estimate of drug-likeness (QED) is 0.398. The van der Waals surface area contributed by atoms with Crippen molar-refractivity contribution in [3.8, 4) is 5.75 Å². The van der Waals surface area contributed by atoms with Crippen molar-refractivity contribution in [2.24, 2.45) is 0 Å². The van der Waals surface area contributed by atoms with E-state index in [1.165, 1.54) is 0 Å². The Kier molecular flexibility index (Phi) is 7.64. The summed E-state index contributed by atoms with van der Waals surface area (Å²) in [6.45, 7) is 6.58. The van der Waals surface area contributed by atoms with Gasteiger partial charge >= 0.3 is 0 Å². The third-order valence-electron chi connectivity index (χ3n) is 5.91. The third kappa shape index (κ3) is 5.22. The number of methoxy groups -OCH3 is 1. The maximum absolute atomic E-state index is 13.6. The normalized spacial score (nSPS) is 14.5. The molecule has 0 aliphatic carbocycles. The molecule has 1 saturated heterocycles. The number of aromatic nitrogens is 1. The number of nitrogens with one attached hydrogen (secondary N) is 1. The van der Waals surface area contributed by atoms with E-state index in [9.17, 15) is 4.79 Å². The number of likely N-dealkylation sites (N-methyl/N-ethyl adjacent to an activating group) is 1. The minimum Gasteiger partial charge on any atom is -0.495 e. The number of anilines is 1. The molecule has 1 amide bonds. The number of hydrogen-bond donors (Lipinski definition) is 1. The van der Waals surface area contributed by atoms with Crippen LogP contribution in [-0.2, 0) is 6.54 Å². The van der Waals surface area contributed by atoms with Crippen LogP contribution in [0.4, 0.5) is 5.69 Å². The summed E-state index contributed by atoms with van der Waals surface area (Å²) < 4.78 is 6.14. The topological polar surface area (TPSA) is 57.7 Å². The van der Waals surface area contributed by atoms with Gasteiger partial charge in [-0.2, -0.15) is 0 Å². The lowest BCUT2D eigenvalue weighted by Crippen LogP contribution is -2.48. The lowest BCUT2D eigenvalue weighted by Gasteiger charge is -2.34. The minimum absolute atomic E-state index is 0.111. The van der Waals surface area contributed by atoms with Gasteiger partial charge in [0, 0.05) is 42.6 Å². The van der Waals surface area contributed by atoms with Crippen LogP contribution >= 0.6 is 39.1 Å². The van der Waals surface area contributed by atoms with Gasteiger partial charge in [0.05, 0.1) is 23.3 Å². The molecule has 1 fully saturated rings. The Morgan fingerprint density at radius 1 is 1.15 bits per heavy atom. The van der Waals surface area contributed by atoms with Crippen LogP contribution in [0, 0.1) is 0 Å². The van der Waals surface area contributed by atoms with E-state index in [-0.39, 0.29) is 11.1 Å². The van der Waals surface area contributed by atoms with E-state index in [0.29, 0.717) is 47.2 Å². The molecule has 0 radical (unpaired) electrons. The highest BCUT2D eigenvalue weighted by Crippen LogP contribution is 2.35. The molecule has 0 unspecified atom stereocenters. The predicted molar refractivity (Wildman–Crippen MR) is 138 cm³/mol. The Hall–Kier alpha value is -2.06. The number of nitrogens with zero attached hydrogens (tertiary/aromatic N) is 3. The number of carbonyl (C=O) groups is 1. The zero-order chi connectivity index (χ0) is 23.5. The number of ether oxygens (including phenoxy) is 1. The van der Waals surface area contributed by atoms with Crippen LogP contribution in [0.5, 0.6) is 5.75 Å². The molecule has 6 nitrogen and oxygen atoms in total. The largest absolute Gasteiger partial charge is 0.495 e. The van der Waals surface area contributed by atoms with Gasteiger partial charge in [-0.3, -0.25) is 4.79 Å². The summed E-state index contributed by atoms with van der Waals surface area (Å²) in [5, 5.41) is 4.99. The molecule has 0 bridgehead atoms. The number of amides is 1. The second-order valence-corrected chi connectivity index (χ2v) is 9.54. The molecule has 2 heterocycles. The zero-order valence-corrected chi connectivity index (χ0v) is 21.6. The van der Waals surface area contributed by atoms with Crippen molar-refractivity contribution in [1.29, 1.82) is 0 Å². The van der Waals surface area contributed by atoms with Gasteiger partial charge in [-0.25, -0.2) is 4.98 Å². The van der Waals surface area contributed by atoms with Crippen LogP contribution in [0.2, 0.25) is 10.2 Å². The average molecular weight is 552 g/mol.